The molecule has 1 amide bonds. The molecule has 1 fully saturated rings. The molecule has 1 atom stereocenters. The van der Waals surface area contributed by atoms with Crippen LogP contribution < -0.4 is 10.1 Å². The minimum absolute atomic E-state index is 0.00444. The molecule has 0 radical (unpaired) electrons. The summed E-state index contributed by atoms with van der Waals surface area (Å²) in [6.45, 7) is -0.878. The molecule has 14 heteroatoms. The Morgan fingerprint density at radius 2 is 1.92 bits per heavy atom. The predicted octanol–water partition coefficient (Wildman–Crippen LogP) is 6.13. The predicted molar refractivity (Wildman–Crippen MR) is 136 cm³/mol. The molecular formula is C25H30ClF5N3O4S-. The molecule has 1 saturated carbocycles. The third-order valence-electron chi connectivity index (χ3n) is 6.74. The Morgan fingerprint density at radius 3 is 2.51 bits per heavy atom. The number of nitrogens with one attached hydrogen (secondary N) is 1. The number of rotatable bonds is 12. The number of hydrogen-bond acceptors (Lipinski definition) is 5. The summed E-state index contributed by atoms with van der Waals surface area (Å²) < 4.78 is 91.8. The standard InChI is InChI=1S/C25H31ClF5N3O4S/c1-2-34-22(18-10-9-15(4-3-11-25(29,30)31)12-19(18)38-24(27)28)20(26)21(33-34)23(35)32-13-16-5-7-17(8-6-16)14-39(36)37/h9-10,12,16-17,24H,2-8,11,13-14H2,1H3,(H,32,35)(H,36,37)/p-1. The summed E-state index contributed by atoms with van der Waals surface area (Å²) in [4.78, 5) is 13.0. The van der Waals surface area contributed by atoms with E-state index in [1.165, 1.54) is 22.9 Å². The average molecular weight is 599 g/mol. The molecule has 39 heavy (non-hydrogen) atoms. The van der Waals surface area contributed by atoms with Crippen LogP contribution in [0.15, 0.2) is 18.2 Å². The highest BCUT2D eigenvalue weighted by Gasteiger charge is 2.28. The monoisotopic (exact) mass is 598 g/mol. The molecule has 1 unspecified atom stereocenters. The lowest BCUT2D eigenvalue weighted by Gasteiger charge is -2.29. The van der Waals surface area contributed by atoms with E-state index < -0.39 is 36.2 Å². The number of nitrogens with zero attached hydrogens (tertiary/aromatic N) is 2. The summed E-state index contributed by atoms with van der Waals surface area (Å²) in [7, 11) is 0. The number of hydrogen-bond donors (Lipinski definition) is 1. The molecule has 1 heterocycles. The van der Waals surface area contributed by atoms with Crippen LogP contribution in [0.1, 0.15) is 61.5 Å². The van der Waals surface area contributed by atoms with E-state index in [2.05, 4.69) is 15.2 Å². The first-order valence-electron chi connectivity index (χ1n) is 12.6. The van der Waals surface area contributed by atoms with Gasteiger partial charge in [0.05, 0.1) is 10.7 Å². The number of aromatic nitrogens is 2. The molecule has 3 rings (SSSR count). The number of benzene rings is 1. The van der Waals surface area contributed by atoms with Crippen molar-refractivity contribution in [2.75, 3.05) is 12.3 Å². The summed E-state index contributed by atoms with van der Waals surface area (Å²) >= 11 is 4.46. The number of carbonyl (C=O) groups is 1. The van der Waals surface area contributed by atoms with Crippen molar-refractivity contribution in [1.29, 1.82) is 0 Å². The fourth-order valence-electron chi connectivity index (χ4n) is 4.79. The van der Waals surface area contributed by atoms with Crippen LogP contribution in [0, 0.1) is 11.8 Å². The zero-order valence-corrected chi connectivity index (χ0v) is 22.8. The minimum Gasteiger partial charge on any atom is -0.772 e. The summed E-state index contributed by atoms with van der Waals surface area (Å²) in [5.74, 6) is -0.399. The SMILES string of the molecule is CCn1nc(C(=O)NCC2CCC(CS(=O)[O-])CC2)c(Cl)c1-c1ccc(CCCC(F)(F)F)cc1OC(F)F. The van der Waals surface area contributed by atoms with Crippen LogP contribution in [0.4, 0.5) is 22.0 Å². The Kier molecular flexibility index (Phi) is 11.1. The fourth-order valence-corrected chi connectivity index (χ4v) is 5.83. The normalized spacial score (nSPS) is 18.8. The van der Waals surface area contributed by atoms with Crippen LogP contribution in [0.5, 0.6) is 5.75 Å². The van der Waals surface area contributed by atoms with Crippen molar-refractivity contribution in [3.05, 3.63) is 34.5 Å². The van der Waals surface area contributed by atoms with Crippen LogP contribution >= 0.6 is 11.6 Å². The Morgan fingerprint density at radius 1 is 1.26 bits per heavy atom. The summed E-state index contributed by atoms with van der Waals surface area (Å²) in [6, 6.07) is 4.18. The summed E-state index contributed by atoms with van der Waals surface area (Å²) in [5, 5.41) is 7.01. The zero-order valence-electron chi connectivity index (χ0n) is 21.2. The highest BCUT2D eigenvalue weighted by atomic mass is 35.5. The second-order valence-electron chi connectivity index (χ2n) is 9.57. The largest absolute Gasteiger partial charge is 0.772 e. The third kappa shape index (κ3) is 9.14. The first kappa shape index (κ1) is 31.3. The van der Waals surface area contributed by atoms with Gasteiger partial charge in [-0.05, 0) is 75.0 Å². The fraction of sp³-hybridized carbons (Fsp3) is 0.600. The van der Waals surface area contributed by atoms with E-state index in [0.717, 1.165) is 25.7 Å². The number of carbonyl (C=O) groups excluding carboxylic acids is 1. The molecule has 7 nitrogen and oxygen atoms in total. The Hall–Kier alpha value is -2.25. The van der Waals surface area contributed by atoms with Gasteiger partial charge < -0.3 is 14.6 Å². The van der Waals surface area contributed by atoms with Crippen LogP contribution in [-0.2, 0) is 24.0 Å². The molecule has 1 aliphatic carbocycles. The molecule has 1 aromatic carbocycles. The van der Waals surface area contributed by atoms with Crippen molar-refractivity contribution in [3.8, 4) is 17.0 Å². The quantitative estimate of drug-likeness (QED) is 0.234. The zero-order chi connectivity index (χ0) is 28.7. The van der Waals surface area contributed by atoms with E-state index >= 15 is 0 Å². The van der Waals surface area contributed by atoms with Gasteiger partial charge in [0.1, 0.15) is 5.75 Å². The van der Waals surface area contributed by atoms with Gasteiger partial charge in [0, 0.05) is 30.8 Å². The van der Waals surface area contributed by atoms with Gasteiger partial charge in [-0.1, -0.05) is 28.7 Å². The number of ether oxygens (including phenoxy) is 1. The van der Waals surface area contributed by atoms with Crippen molar-refractivity contribution in [1.82, 2.24) is 15.1 Å². The second kappa shape index (κ2) is 13.9. The minimum atomic E-state index is -4.32. The second-order valence-corrected chi connectivity index (χ2v) is 10.9. The number of alkyl halides is 5. The van der Waals surface area contributed by atoms with Gasteiger partial charge in [-0.15, -0.1) is 0 Å². The number of halogens is 6. The van der Waals surface area contributed by atoms with Crippen LogP contribution in [0.2, 0.25) is 5.02 Å². The number of amides is 1. The lowest BCUT2D eigenvalue weighted by molar-refractivity contribution is -0.135. The molecule has 0 bridgehead atoms. The maximum absolute atomic E-state index is 13.2. The van der Waals surface area contributed by atoms with Gasteiger partial charge in [-0.3, -0.25) is 13.7 Å². The van der Waals surface area contributed by atoms with Gasteiger partial charge in [0.15, 0.2) is 5.69 Å². The molecule has 0 saturated heterocycles. The average Bonchev–Trinajstić information content (AvgIpc) is 3.18. The molecule has 0 spiro atoms. The van der Waals surface area contributed by atoms with E-state index in [1.807, 2.05) is 0 Å². The van der Waals surface area contributed by atoms with E-state index in [-0.39, 0.29) is 64.7 Å². The lowest BCUT2D eigenvalue weighted by atomic mass is 9.83. The van der Waals surface area contributed by atoms with Crippen molar-refractivity contribution >= 4 is 28.6 Å². The lowest BCUT2D eigenvalue weighted by Crippen LogP contribution is -2.32. The maximum Gasteiger partial charge on any atom is 0.389 e. The maximum atomic E-state index is 13.2. The molecule has 1 aliphatic rings. The van der Waals surface area contributed by atoms with Gasteiger partial charge in [-0.2, -0.15) is 27.1 Å². The van der Waals surface area contributed by atoms with Crippen LogP contribution in [0.3, 0.4) is 0 Å². The first-order chi connectivity index (χ1) is 18.4. The first-order valence-corrected chi connectivity index (χ1v) is 14.2. The molecule has 2 aromatic rings. The Balaban J connectivity index is 1.76. The summed E-state index contributed by atoms with van der Waals surface area (Å²) in [5.41, 5.74) is 0.586. The van der Waals surface area contributed by atoms with E-state index in [9.17, 15) is 35.5 Å². The van der Waals surface area contributed by atoms with Gasteiger partial charge >= 0.3 is 12.8 Å². The van der Waals surface area contributed by atoms with Crippen molar-refractivity contribution in [2.45, 2.75) is 71.2 Å². The topological polar surface area (TPSA) is 96.3 Å². The third-order valence-corrected chi connectivity index (χ3v) is 7.84. The molecule has 1 aromatic heterocycles. The van der Waals surface area contributed by atoms with Crippen molar-refractivity contribution in [2.24, 2.45) is 11.8 Å². The molecule has 0 aliphatic heterocycles. The highest BCUT2D eigenvalue weighted by molar-refractivity contribution is 7.79. The highest BCUT2D eigenvalue weighted by Crippen LogP contribution is 2.39. The van der Waals surface area contributed by atoms with Gasteiger partial charge in [0.2, 0.25) is 0 Å². The van der Waals surface area contributed by atoms with E-state index in [0.29, 0.717) is 12.1 Å². The molecule has 218 valence electrons. The Labute approximate surface area is 230 Å². The molecular weight excluding hydrogens is 569 g/mol. The van der Waals surface area contributed by atoms with Crippen molar-refractivity contribution in [3.63, 3.8) is 0 Å². The smallest absolute Gasteiger partial charge is 0.389 e. The number of aryl methyl sites for hydroxylation is 2. The molecule has 1 N–H and O–H groups in total. The van der Waals surface area contributed by atoms with Gasteiger partial charge in [-0.25, -0.2) is 0 Å². The Bertz CT molecular complexity index is 1150. The van der Waals surface area contributed by atoms with E-state index in [4.69, 9.17) is 11.6 Å². The van der Waals surface area contributed by atoms with Gasteiger partial charge in [0.25, 0.3) is 5.91 Å². The summed E-state index contributed by atoms with van der Waals surface area (Å²) in [6.07, 6.45) is -2.48. The van der Waals surface area contributed by atoms with Crippen molar-refractivity contribution < 1.29 is 40.2 Å². The van der Waals surface area contributed by atoms with Crippen LogP contribution in [0.25, 0.3) is 11.3 Å². The van der Waals surface area contributed by atoms with Crippen LogP contribution in [-0.4, -0.2) is 49.5 Å². The van der Waals surface area contributed by atoms with E-state index in [1.54, 1.807) is 6.92 Å².